The molecule has 1 fully saturated rings. The minimum absolute atomic E-state index is 0. The van der Waals surface area contributed by atoms with Gasteiger partial charge in [0.05, 0.1) is 19.8 Å². The third kappa shape index (κ3) is 7.55. The Morgan fingerprint density at radius 3 is 2.67 bits per heavy atom. The number of halogens is 1. The number of benzene rings is 1. The number of aliphatic hydroxyl groups excluding tert-OH is 1. The number of aliphatic imine (C=N–C) groups is 1. The predicted octanol–water partition coefficient (Wildman–Crippen LogP) is 2.65. The highest BCUT2D eigenvalue weighted by Crippen LogP contribution is 2.31. The van der Waals surface area contributed by atoms with Gasteiger partial charge in [0.15, 0.2) is 5.96 Å². The van der Waals surface area contributed by atoms with Crippen molar-refractivity contribution in [3.05, 3.63) is 29.8 Å². The second-order valence-electron chi connectivity index (χ2n) is 7.60. The average molecular weight is 534 g/mol. The molecule has 7 nitrogen and oxygen atoms in total. The fourth-order valence-corrected chi connectivity index (χ4v) is 3.97. The lowest BCUT2D eigenvalue weighted by Crippen LogP contribution is -2.47. The van der Waals surface area contributed by atoms with E-state index in [0.717, 1.165) is 57.3 Å². The van der Waals surface area contributed by atoms with Crippen LogP contribution in [-0.4, -0.2) is 76.1 Å². The van der Waals surface area contributed by atoms with Gasteiger partial charge in [0.1, 0.15) is 5.75 Å². The number of methoxy groups -OCH3 is 1. The summed E-state index contributed by atoms with van der Waals surface area (Å²) in [7, 11) is 3.49. The zero-order valence-corrected chi connectivity index (χ0v) is 21.1. The molecule has 0 saturated carbocycles. The molecule has 1 aromatic rings. The first-order valence-electron chi connectivity index (χ1n) is 10.6. The van der Waals surface area contributed by atoms with Crippen LogP contribution in [0.1, 0.15) is 38.3 Å². The van der Waals surface area contributed by atoms with E-state index in [9.17, 15) is 5.11 Å². The first kappa shape index (κ1) is 26.9. The predicted molar refractivity (Wildman–Crippen MR) is 133 cm³/mol. The van der Waals surface area contributed by atoms with Crippen LogP contribution in [0.4, 0.5) is 0 Å². The Morgan fingerprint density at radius 1 is 1.33 bits per heavy atom. The number of nitrogens with zero attached hydrogens (tertiary/aromatic N) is 2. The zero-order valence-electron chi connectivity index (χ0n) is 18.8. The Hall–Kier alpha value is -1.10. The minimum Gasteiger partial charge on any atom is -0.497 e. The van der Waals surface area contributed by atoms with Gasteiger partial charge in [0, 0.05) is 38.8 Å². The van der Waals surface area contributed by atoms with E-state index in [1.165, 1.54) is 5.56 Å². The van der Waals surface area contributed by atoms with E-state index in [0.29, 0.717) is 6.61 Å². The number of hydrogen-bond acceptors (Lipinski definition) is 5. The van der Waals surface area contributed by atoms with Crippen LogP contribution >= 0.6 is 24.0 Å². The Bertz CT molecular complexity index is 635. The van der Waals surface area contributed by atoms with Crippen molar-refractivity contribution < 1.29 is 14.6 Å². The summed E-state index contributed by atoms with van der Waals surface area (Å²) in [4.78, 5) is 6.82. The molecule has 0 aliphatic carbocycles. The van der Waals surface area contributed by atoms with Gasteiger partial charge in [-0.25, -0.2) is 0 Å². The second-order valence-corrected chi connectivity index (χ2v) is 7.60. The normalized spacial score (nSPS) is 20.0. The van der Waals surface area contributed by atoms with Crippen molar-refractivity contribution in [3.63, 3.8) is 0 Å². The zero-order chi connectivity index (χ0) is 21.1. The van der Waals surface area contributed by atoms with Gasteiger partial charge in [-0.05, 0) is 43.6 Å². The highest BCUT2D eigenvalue weighted by molar-refractivity contribution is 14.0. The first-order chi connectivity index (χ1) is 14.1. The summed E-state index contributed by atoms with van der Waals surface area (Å²) >= 11 is 0. The van der Waals surface area contributed by atoms with Gasteiger partial charge in [0.2, 0.25) is 0 Å². The van der Waals surface area contributed by atoms with E-state index >= 15 is 0 Å². The molecule has 1 heterocycles. The van der Waals surface area contributed by atoms with Crippen LogP contribution in [0, 0.1) is 5.41 Å². The van der Waals surface area contributed by atoms with Gasteiger partial charge in [-0.15, -0.1) is 24.0 Å². The number of aliphatic hydroxyl groups is 1. The summed E-state index contributed by atoms with van der Waals surface area (Å²) in [6.45, 7) is 9.38. The molecule has 2 atom stereocenters. The van der Waals surface area contributed by atoms with Crippen molar-refractivity contribution in [1.82, 2.24) is 15.5 Å². The molecule has 0 aromatic heterocycles. The summed E-state index contributed by atoms with van der Waals surface area (Å²) in [5.74, 6) is 1.64. The molecule has 0 radical (unpaired) electrons. The number of hydrogen-bond donors (Lipinski definition) is 3. The number of nitrogens with one attached hydrogen (secondary N) is 2. The number of ether oxygens (including phenoxy) is 2. The molecular weight excluding hydrogens is 495 g/mol. The Morgan fingerprint density at radius 2 is 2.10 bits per heavy atom. The number of likely N-dealkylation sites (N-methyl/N-ethyl adjacent to an activating group) is 1. The molecule has 2 unspecified atom stereocenters. The lowest BCUT2D eigenvalue weighted by atomic mass is 9.84. The SMILES string of the molecule is CCN(CC)C(CNC(=NC)NCC1(CCO)CCOC1)c1cccc(OC)c1.I. The molecule has 1 aliphatic rings. The third-order valence-corrected chi connectivity index (χ3v) is 5.88. The molecule has 1 aliphatic heterocycles. The average Bonchev–Trinajstić information content (AvgIpc) is 3.22. The summed E-state index contributed by atoms with van der Waals surface area (Å²) in [5.41, 5.74) is 1.20. The first-order valence-corrected chi connectivity index (χ1v) is 10.6. The van der Waals surface area contributed by atoms with E-state index in [-0.39, 0.29) is 42.0 Å². The van der Waals surface area contributed by atoms with Gasteiger partial charge < -0.3 is 25.2 Å². The quantitative estimate of drug-likeness (QED) is 0.230. The molecule has 0 amide bonds. The molecular formula is C22H39IN4O3. The largest absolute Gasteiger partial charge is 0.497 e. The summed E-state index contributed by atoms with van der Waals surface area (Å²) in [5, 5.41) is 16.4. The van der Waals surface area contributed by atoms with Crippen molar-refractivity contribution in [3.8, 4) is 5.75 Å². The standard InChI is InChI=1S/C22H38N4O3.HI/c1-5-26(6-2)20(18-8-7-9-19(14-18)28-4)15-24-21(23-3)25-16-22(10-12-27)11-13-29-17-22;/h7-9,14,20,27H,5-6,10-13,15-17H2,1-4H3,(H2,23,24,25);1H. The van der Waals surface area contributed by atoms with Gasteiger partial charge >= 0.3 is 0 Å². The van der Waals surface area contributed by atoms with E-state index < -0.39 is 0 Å². The molecule has 8 heteroatoms. The van der Waals surface area contributed by atoms with Crippen LogP contribution in [0.3, 0.4) is 0 Å². The molecule has 0 bridgehead atoms. The molecule has 1 saturated heterocycles. The molecule has 30 heavy (non-hydrogen) atoms. The van der Waals surface area contributed by atoms with Gasteiger partial charge in [-0.1, -0.05) is 26.0 Å². The topological polar surface area (TPSA) is 78.4 Å². The minimum atomic E-state index is -0.0164. The van der Waals surface area contributed by atoms with Crippen LogP contribution in [0.5, 0.6) is 5.75 Å². The van der Waals surface area contributed by atoms with Crippen molar-refractivity contribution in [2.45, 2.75) is 32.7 Å². The molecule has 3 N–H and O–H groups in total. The number of rotatable bonds is 11. The second kappa shape index (κ2) is 14.1. The van der Waals surface area contributed by atoms with E-state index in [4.69, 9.17) is 9.47 Å². The fraction of sp³-hybridized carbons (Fsp3) is 0.682. The lowest BCUT2D eigenvalue weighted by Gasteiger charge is -2.32. The Kier molecular flexibility index (Phi) is 12.6. The maximum atomic E-state index is 9.43. The van der Waals surface area contributed by atoms with Gasteiger partial charge in [-0.2, -0.15) is 0 Å². The van der Waals surface area contributed by atoms with Crippen molar-refractivity contribution in [2.24, 2.45) is 10.4 Å². The smallest absolute Gasteiger partial charge is 0.191 e. The van der Waals surface area contributed by atoms with E-state index in [1.807, 2.05) is 12.1 Å². The molecule has 1 aromatic carbocycles. The number of guanidine groups is 1. The summed E-state index contributed by atoms with van der Waals surface area (Å²) < 4.78 is 11.0. The Labute approximate surface area is 198 Å². The van der Waals surface area contributed by atoms with Gasteiger partial charge in [0.25, 0.3) is 0 Å². The van der Waals surface area contributed by atoms with E-state index in [1.54, 1.807) is 14.2 Å². The van der Waals surface area contributed by atoms with Crippen LogP contribution in [0.25, 0.3) is 0 Å². The van der Waals surface area contributed by atoms with Gasteiger partial charge in [-0.3, -0.25) is 9.89 Å². The maximum absolute atomic E-state index is 9.43. The van der Waals surface area contributed by atoms with Crippen molar-refractivity contribution >= 4 is 29.9 Å². The highest BCUT2D eigenvalue weighted by atomic mass is 127. The molecule has 2 rings (SSSR count). The summed E-state index contributed by atoms with van der Waals surface area (Å²) in [6.07, 6.45) is 1.70. The lowest BCUT2D eigenvalue weighted by molar-refractivity contribution is 0.127. The van der Waals surface area contributed by atoms with Crippen LogP contribution in [0.15, 0.2) is 29.3 Å². The fourth-order valence-electron chi connectivity index (χ4n) is 3.97. The van der Waals surface area contributed by atoms with Crippen LogP contribution in [-0.2, 0) is 4.74 Å². The van der Waals surface area contributed by atoms with Crippen molar-refractivity contribution in [2.75, 3.05) is 60.2 Å². The molecule has 0 spiro atoms. The van der Waals surface area contributed by atoms with Crippen LogP contribution < -0.4 is 15.4 Å². The van der Waals surface area contributed by atoms with Crippen LogP contribution in [0.2, 0.25) is 0 Å². The monoisotopic (exact) mass is 534 g/mol. The third-order valence-electron chi connectivity index (χ3n) is 5.88. The molecule has 172 valence electrons. The summed E-state index contributed by atoms with van der Waals surface area (Å²) in [6, 6.07) is 8.47. The maximum Gasteiger partial charge on any atom is 0.191 e. The van der Waals surface area contributed by atoms with E-state index in [2.05, 4.69) is 46.5 Å². The van der Waals surface area contributed by atoms with Crippen molar-refractivity contribution in [1.29, 1.82) is 0 Å². The highest BCUT2D eigenvalue weighted by Gasteiger charge is 2.34. The Balaban J connectivity index is 0.00000450.